The first-order valence-electron chi connectivity index (χ1n) is 11.6. The minimum atomic E-state index is -1.33. The number of fused-ring (bicyclic) bond motifs is 1. The summed E-state index contributed by atoms with van der Waals surface area (Å²) in [6, 6.07) is 21.8. The molecule has 0 aliphatic carbocycles. The number of para-hydroxylation sites is 1. The first kappa shape index (κ1) is 25.1. The summed E-state index contributed by atoms with van der Waals surface area (Å²) in [6.07, 6.45) is 3.66. The predicted octanol–water partition coefficient (Wildman–Crippen LogP) is 5.92. The standard InChI is InChI=1S/C29H24N2O6/c32-26-24(12-6-7-13-30-21-9-2-1-3-10-21)23-11-5-4-8-18(23)17-25(26)27(33)31-22-15-19(28(34)35)14-20(16-22)29(36)37/h1-5,8-11,13-17,32H,6-7,12H2,(H,31,33)(H,34,35)(H,36,37). The number of aryl methyl sites for hydroxylation is 1. The average molecular weight is 497 g/mol. The van der Waals surface area contributed by atoms with E-state index in [1.54, 1.807) is 6.07 Å². The van der Waals surface area contributed by atoms with Crippen LogP contribution in [-0.4, -0.2) is 39.4 Å². The fraction of sp³-hybridized carbons (Fsp3) is 0.103. The van der Waals surface area contributed by atoms with Gasteiger partial charge in [0.1, 0.15) is 5.75 Å². The van der Waals surface area contributed by atoms with Gasteiger partial charge in [0.05, 0.1) is 22.4 Å². The summed E-state index contributed by atoms with van der Waals surface area (Å²) in [7, 11) is 0. The molecule has 4 rings (SSSR count). The summed E-state index contributed by atoms with van der Waals surface area (Å²) in [4.78, 5) is 40.4. The molecule has 0 aliphatic heterocycles. The van der Waals surface area contributed by atoms with Gasteiger partial charge in [0.2, 0.25) is 0 Å². The molecule has 0 fully saturated rings. The maximum absolute atomic E-state index is 13.1. The highest BCUT2D eigenvalue weighted by Gasteiger charge is 2.19. The first-order chi connectivity index (χ1) is 17.8. The lowest BCUT2D eigenvalue weighted by Crippen LogP contribution is -2.14. The Labute approximate surface area is 212 Å². The largest absolute Gasteiger partial charge is 0.507 e. The van der Waals surface area contributed by atoms with Gasteiger partial charge in [-0.1, -0.05) is 42.5 Å². The van der Waals surface area contributed by atoms with Gasteiger partial charge < -0.3 is 20.6 Å². The van der Waals surface area contributed by atoms with E-state index in [4.69, 9.17) is 0 Å². The van der Waals surface area contributed by atoms with Gasteiger partial charge in [-0.15, -0.1) is 0 Å². The van der Waals surface area contributed by atoms with Crippen molar-refractivity contribution in [3.63, 3.8) is 0 Å². The summed E-state index contributed by atoms with van der Waals surface area (Å²) in [5.74, 6) is -3.52. The highest BCUT2D eigenvalue weighted by molar-refractivity contribution is 6.10. The molecule has 37 heavy (non-hydrogen) atoms. The summed E-state index contributed by atoms with van der Waals surface area (Å²) in [6.45, 7) is 0. The fourth-order valence-corrected chi connectivity index (χ4v) is 4.04. The van der Waals surface area contributed by atoms with Crippen molar-refractivity contribution < 1.29 is 29.7 Å². The van der Waals surface area contributed by atoms with Gasteiger partial charge >= 0.3 is 11.9 Å². The zero-order valence-corrected chi connectivity index (χ0v) is 19.7. The van der Waals surface area contributed by atoms with Gasteiger partial charge in [-0.25, -0.2) is 9.59 Å². The molecule has 0 spiro atoms. The Hall–Kier alpha value is -4.98. The number of carboxylic acid groups (broad SMARTS) is 2. The van der Waals surface area contributed by atoms with Crippen LogP contribution in [0.3, 0.4) is 0 Å². The number of nitrogens with zero attached hydrogens (tertiary/aromatic N) is 1. The van der Waals surface area contributed by atoms with Gasteiger partial charge in [0.25, 0.3) is 5.91 Å². The van der Waals surface area contributed by atoms with Crippen LogP contribution >= 0.6 is 0 Å². The predicted molar refractivity (Wildman–Crippen MR) is 141 cm³/mol. The topological polar surface area (TPSA) is 136 Å². The van der Waals surface area contributed by atoms with Crippen molar-refractivity contribution in [3.05, 3.63) is 101 Å². The molecule has 1 amide bonds. The number of aromatic carboxylic acids is 2. The number of unbranched alkanes of at least 4 members (excludes halogenated alkanes) is 1. The van der Waals surface area contributed by atoms with Crippen LogP contribution in [0.2, 0.25) is 0 Å². The van der Waals surface area contributed by atoms with E-state index in [0.717, 1.165) is 34.7 Å². The number of rotatable bonds is 9. The van der Waals surface area contributed by atoms with Crippen molar-refractivity contribution in [2.24, 2.45) is 4.99 Å². The van der Waals surface area contributed by atoms with E-state index in [1.165, 1.54) is 0 Å². The number of carboxylic acids is 2. The van der Waals surface area contributed by atoms with Gasteiger partial charge in [0.15, 0.2) is 0 Å². The fourth-order valence-electron chi connectivity index (χ4n) is 4.04. The lowest BCUT2D eigenvalue weighted by Gasteiger charge is -2.14. The van der Waals surface area contributed by atoms with Crippen LogP contribution in [0.4, 0.5) is 11.4 Å². The minimum absolute atomic E-state index is 0.00394. The maximum Gasteiger partial charge on any atom is 0.335 e. The monoisotopic (exact) mass is 496 g/mol. The molecule has 0 unspecified atom stereocenters. The number of phenolic OH excluding ortho intramolecular Hbond substituents is 1. The number of anilines is 1. The van der Waals surface area contributed by atoms with Crippen LogP contribution in [0.1, 0.15) is 49.5 Å². The maximum atomic E-state index is 13.1. The molecular formula is C29H24N2O6. The molecule has 8 heteroatoms. The number of phenols is 1. The van der Waals surface area contributed by atoms with Crippen LogP contribution in [0.15, 0.2) is 83.9 Å². The van der Waals surface area contributed by atoms with E-state index in [0.29, 0.717) is 24.8 Å². The van der Waals surface area contributed by atoms with Crippen LogP contribution in [0, 0.1) is 0 Å². The Morgan fingerprint density at radius 2 is 1.49 bits per heavy atom. The van der Waals surface area contributed by atoms with Crippen LogP contribution in [0.25, 0.3) is 10.8 Å². The highest BCUT2D eigenvalue weighted by atomic mass is 16.4. The Balaban J connectivity index is 1.59. The molecule has 0 aromatic heterocycles. The SMILES string of the molecule is O=C(O)c1cc(NC(=O)c2cc3ccccc3c(CCCC=Nc3ccccc3)c2O)cc(C(=O)O)c1. The lowest BCUT2D eigenvalue weighted by atomic mass is 9.95. The van der Waals surface area contributed by atoms with Crippen molar-refractivity contribution in [2.75, 3.05) is 5.32 Å². The molecule has 8 nitrogen and oxygen atoms in total. The second-order valence-electron chi connectivity index (χ2n) is 8.38. The van der Waals surface area contributed by atoms with Crippen molar-refractivity contribution in [1.29, 1.82) is 0 Å². The van der Waals surface area contributed by atoms with E-state index >= 15 is 0 Å². The third-order valence-corrected chi connectivity index (χ3v) is 5.81. The Morgan fingerprint density at radius 3 is 2.16 bits per heavy atom. The number of aromatic hydroxyl groups is 1. The number of carbonyl (C=O) groups excluding carboxylic acids is 1. The number of hydrogen-bond acceptors (Lipinski definition) is 5. The second-order valence-corrected chi connectivity index (χ2v) is 8.38. The third kappa shape index (κ3) is 5.99. The van der Waals surface area contributed by atoms with E-state index in [9.17, 15) is 29.7 Å². The first-order valence-corrected chi connectivity index (χ1v) is 11.6. The number of benzene rings is 4. The quantitative estimate of drug-likeness (QED) is 0.168. The number of amides is 1. The number of aliphatic imine (C=N–C) groups is 1. The molecule has 0 saturated heterocycles. The Kier molecular flexibility index (Phi) is 7.59. The van der Waals surface area contributed by atoms with E-state index in [1.807, 2.05) is 60.8 Å². The molecule has 4 aromatic rings. The normalized spacial score (nSPS) is 11.0. The van der Waals surface area contributed by atoms with Gasteiger partial charge in [0, 0.05) is 17.5 Å². The van der Waals surface area contributed by atoms with Gasteiger partial charge in [-0.05, 0) is 66.4 Å². The minimum Gasteiger partial charge on any atom is -0.507 e. The lowest BCUT2D eigenvalue weighted by molar-refractivity contribution is 0.0696. The molecule has 4 aromatic carbocycles. The van der Waals surface area contributed by atoms with E-state index in [2.05, 4.69) is 10.3 Å². The summed E-state index contributed by atoms with van der Waals surface area (Å²) in [5.41, 5.74) is 0.902. The summed E-state index contributed by atoms with van der Waals surface area (Å²) < 4.78 is 0. The third-order valence-electron chi connectivity index (χ3n) is 5.81. The molecule has 4 N–H and O–H groups in total. The number of nitrogens with one attached hydrogen (secondary N) is 1. The van der Waals surface area contributed by atoms with Crippen LogP contribution in [-0.2, 0) is 6.42 Å². The molecule has 186 valence electrons. The molecule has 0 atom stereocenters. The smallest absolute Gasteiger partial charge is 0.335 e. The molecule has 0 bridgehead atoms. The molecular weight excluding hydrogens is 472 g/mol. The number of hydrogen-bond donors (Lipinski definition) is 4. The zero-order valence-electron chi connectivity index (χ0n) is 19.7. The zero-order chi connectivity index (χ0) is 26.4. The van der Waals surface area contributed by atoms with Crippen LogP contribution in [0.5, 0.6) is 5.75 Å². The molecule has 0 heterocycles. The number of carbonyl (C=O) groups is 3. The van der Waals surface area contributed by atoms with Gasteiger partial charge in [-0.2, -0.15) is 0 Å². The van der Waals surface area contributed by atoms with E-state index < -0.39 is 17.8 Å². The molecule has 0 aliphatic rings. The Morgan fingerprint density at radius 1 is 0.838 bits per heavy atom. The Bertz CT molecular complexity index is 1480. The van der Waals surface area contributed by atoms with Crippen molar-refractivity contribution in [3.8, 4) is 5.75 Å². The molecule has 0 radical (unpaired) electrons. The van der Waals surface area contributed by atoms with Gasteiger partial charge in [-0.3, -0.25) is 9.79 Å². The van der Waals surface area contributed by atoms with Crippen LogP contribution < -0.4 is 5.32 Å². The second kappa shape index (κ2) is 11.2. The van der Waals surface area contributed by atoms with Crippen molar-refractivity contribution >= 4 is 46.2 Å². The van der Waals surface area contributed by atoms with Crippen molar-refractivity contribution in [2.45, 2.75) is 19.3 Å². The average Bonchev–Trinajstić information content (AvgIpc) is 2.89. The molecule has 0 saturated carbocycles. The summed E-state index contributed by atoms with van der Waals surface area (Å²) >= 11 is 0. The van der Waals surface area contributed by atoms with Crippen molar-refractivity contribution in [1.82, 2.24) is 0 Å². The summed E-state index contributed by atoms with van der Waals surface area (Å²) in [5, 5.41) is 33.8. The van der Waals surface area contributed by atoms with E-state index in [-0.39, 0.29) is 28.1 Å². The highest BCUT2D eigenvalue weighted by Crippen LogP contribution is 2.33.